The first-order valence-corrected chi connectivity index (χ1v) is 14.5. The molecule has 1 heterocycles. The van der Waals surface area contributed by atoms with Gasteiger partial charge in [-0.1, -0.05) is 68.3 Å². The molecule has 0 aliphatic carbocycles. The Kier molecular flexibility index (Phi) is 18.0. The number of hydrogen-bond donors (Lipinski definition) is 5. The summed E-state index contributed by atoms with van der Waals surface area (Å²) in [5, 5.41) is 15.1. The highest BCUT2D eigenvalue weighted by molar-refractivity contribution is 7.97. The predicted molar refractivity (Wildman–Crippen MR) is 168 cm³/mol. The Morgan fingerprint density at radius 3 is 2.09 bits per heavy atom. The fourth-order valence-corrected chi connectivity index (χ4v) is 3.45. The van der Waals surface area contributed by atoms with E-state index in [2.05, 4.69) is 59.2 Å². The summed E-state index contributed by atoms with van der Waals surface area (Å²) in [6, 6.07) is 19.4. The standard InChI is InChI=1S/C21H24N6O5S.C7H8.C3H8/c1-13(27-18(29)12-26-20(31)15-5-7-23-8-6-15)19(30)25-11-17(28)21(32)24-10-14-3-2-4-16(9-14)33-22;1-7-5-3-2-4-6-7;1-3-2/h2-9,13H,10-12,22H2,1H3,(H,24,32)(H,25,30)(H,26,31)(H,27,29);2-6H,1H3;3H2,1-2H3/t13-;;/m0../s1. The van der Waals surface area contributed by atoms with E-state index in [0.717, 1.165) is 22.4 Å². The molecular weight excluding hydrogens is 568 g/mol. The largest absolute Gasteiger partial charge is 0.347 e. The van der Waals surface area contributed by atoms with Crippen LogP contribution in [0.5, 0.6) is 0 Å². The zero-order valence-corrected chi connectivity index (χ0v) is 25.7. The van der Waals surface area contributed by atoms with Crippen LogP contribution < -0.4 is 26.4 Å². The summed E-state index contributed by atoms with van der Waals surface area (Å²) in [6.45, 7) is 7.00. The highest BCUT2D eigenvalue weighted by Gasteiger charge is 2.19. The molecule has 0 unspecified atom stereocenters. The topological polar surface area (TPSA) is 172 Å². The Bertz CT molecular complexity index is 1310. The normalized spacial score (nSPS) is 10.3. The van der Waals surface area contributed by atoms with Crippen molar-refractivity contribution in [1.82, 2.24) is 26.3 Å². The molecule has 1 aromatic heterocycles. The van der Waals surface area contributed by atoms with Crippen molar-refractivity contribution in [3.8, 4) is 0 Å². The van der Waals surface area contributed by atoms with Gasteiger partial charge in [-0.05, 0) is 55.6 Å². The highest BCUT2D eigenvalue weighted by Crippen LogP contribution is 2.13. The lowest BCUT2D eigenvalue weighted by Gasteiger charge is -2.14. The molecular formula is C31H40N6O5S. The first-order valence-electron chi connectivity index (χ1n) is 13.6. The molecule has 0 saturated carbocycles. The van der Waals surface area contributed by atoms with E-state index in [0.29, 0.717) is 5.56 Å². The van der Waals surface area contributed by atoms with Gasteiger partial charge in [0, 0.05) is 29.4 Å². The van der Waals surface area contributed by atoms with Crippen LogP contribution in [0.15, 0.2) is 84.0 Å². The third-order valence-corrected chi connectivity index (χ3v) is 5.75. The molecule has 0 fully saturated rings. The highest BCUT2D eigenvalue weighted by atomic mass is 32.2. The number of pyridine rings is 1. The molecule has 11 nitrogen and oxygen atoms in total. The lowest BCUT2D eigenvalue weighted by Crippen LogP contribution is -2.49. The maximum atomic E-state index is 12.1. The number of carbonyl (C=O) groups excluding carboxylic acids is 5. The number of ketones is 1. The van der Waals surface area contributed by atoms with Crippen molar-refractivity contribution in [3.05, 3.63) is 95.8 Å². The third kappa shape index (κ3) is 15.9. The van der Waals surface area contributed by atoms with E-state index < -0.39 is 42.0 Å². The average Bonchev–Trinajstić information content (AvgIpc) is 3.02. The number of nitrogens with two attached hydrogens (primary N) is 1. The Morgan fingerprint density at radius 2 is 1.51 bits per heavy atom. The van der Waals surface area contributed by atoms with Crippen molar-refractivity contribution < 1.29 is 24.0 Å². The number of nitrogens with one attached hydrogen (secondary N) is 4. The zero-order valence-electron chi connectivity index (χ0n) is 24.9. The number of Topliss-reactive ketones (excluding diaryl/α,β-unsaturated/α-hetero) is 1. The predicted octanol–water partition coefficient (Wildman–Crippen LogP) is 2.69. The molecule has 0 spiro atoms. The zero-order chi connectivity index (χ0) is 32.0. The van der Waals surface area contributed by atoms with Crippen LogP contribution in [0, 0.1) is 6.92 Å². The van der Waals surface area contributed by atoms with Gasteiger partial charge in [-0.15, -0.1) is 0 Å². The molecule has 4 amide bonds. The lowest BCUT2D eigenvalue weighted by molar-refractivity contribution is -0.138. The quantitative estimate of drug-likeness (QED) is 0.163. The Hall–Kier alpha value is -4.55. The van der Waals surface area contributed by atoms with Gasteiger partial charge in [-0.3, -0.25) is 34.1 Å². The van der Waals surface area contributed by atoms with Gasteiger partial charge in [0.25, 0.3) is 11.8 Å². The van der Waals surface area contributed by atoms with Gasteiger partial charge in [0.15, 0.2) is 0 Å². The van der Waals surface area contributed by atoms with E-state index in [9.17, 15) is 24.0 Å². The summed E-state index contributed by atoms with van der Waals surface area (Å²) >= 11 is 1.06. The molecule has 1 atom stereocenters. The van der Waals surface area contributed by atoms with Gasteiger partial charge in [0.05, 0.1) is 13.1 Å². The number of aryl methyl sites for hydroxylation is 1. The van der Waals surface area contributed by atoms with Gasteiger partial charge >= 0.3 is 0 Å². The van der Waals surface area contributed by atoms with Gasteiger partial charge in [0.1, 0.15) is 6.04 Å². The van der Waals surface area contributed by atoms with Crippen LogP contribution in [0.25, 0.3) is 0 Å². The van der Waals surface area contributed by atoms with Crippen LogP contribution >= 0.6 is 11.9 Å². The molecule has 0 radical (unpaired) electrons. The first kappa shape index (κ1) is 36.5. The fraction of sp³-hybridized carbons (Fsp3) is 0.290. The average molecular weight is 609 g/mol. The Labute approximate surface area is 256 Å². The van der Waals surface area contributed by atoms with Crippen LogP contribution in [0.4, 0.5) is 0 Å². The maximum absolute atomic E-state index is 12.1. The third-order valence-electron chi connectivity index (χ3n) is 5.23. The summed E-state index contributed by atoms with van der Waals surface area (Å²) < 4.78 is 0. The van der Waals surface area contributed by atoms with Crippen LogP contribution in [-0.4, -0.2) is 53.5 Å². The van der Waals surface area contributed by atoms with Gasteiger partial charge in [-0.2, -0.15) is 0 Å². The van der Waals surface area contributed by atoms with Crippen molar-refractivity contribution in [2.45, 2.75) is 51.6 Å². The molecule has 12 heteroatoms. The molecule has 0 saturated heterocycles. The molecule has 0 bridgehead atoms. The van der Waals surface area contributed by atoms with Crippen molar-refractivity contribution in [2.75, 3.05) is 13.1 Å². The van der Waals surface area contributed by atoms with Crippen molar-refractivity contribution in [3.63, 3.8) is 0 Å². The van der Waals surface area contributed by atoms with Crippen molar-refractivity contribution in [2.24, 2.45) is 5.14 Å². The summed E-state index contributed by atoms with van der Waals surface area (Å²) in [5.74, 6) is -3.40. The summed E-state index contributed by atoms with van der Waals surface area (Å²) in [7, 11) is 0. The van der Waals surface area contributed by atoms with Gasteiger partial charge < -0.3 is 21.3 Å². The maximum Gasteiger partial charge on any atom is 0.289 e. The van der Waals surface area contributed by atoms with E-state index in [-0.39, 0.29) is 13.1 Å². The SMILES string of the molecule is CCC.C[C@H](NC(=O)CNC(=O)c1ccncc1)C(=O)NCC(=O)C(=O)NCc1cccc(SN)c1.Cc1ccccc1. The van der Waals surface area contributed by atoms with Crippen LogP contribution in [0.3, 0.4) is 0 Å². The number of amides is 4. The second-order valence-corrected chi connectivity index (χ2v) is 9.87. The molecule has 6 N–H and O–H groups in total. The number of hydrogen-bond acceptors (Lipinski definition) is 8. The second-order valence-electron chi connectivity index (χ2n) is 9.16. The molecule has 3 rings (SSSR count). The van der Waals surface area contributed by atoms with E-state index in [1.54, 1.807) is 18.2 Å². The molecule has 230 valence electrons. The number of nitrogens with zero attached hydrogens (tertiary/aromatic N) is 1. The van der Waals surface area contributed by atoms with Crippen molar-refractivity contribution >= 4 is 41.4 Å². The molecule has 3 aromatic rings. The lowest BCUT2D eigenvalue weighted by atomic mass is 10.2. The minimum Gasteiger partial charge on any atom is -0.347 e. The summed E-state index contributed by atoms with van der Waals surface area (Å²) in [6.07, 6.45) is 4.14. The minimum atomic E-state index is -0.984. The second kappa shape index (κ2) is 21.2. The first-order chi connectivity index (χ1) is 20.6. The van der Waals surface area contributed by atoms with Crippen LogP contribution in [0.1, 0.15) is 48.7 Å². The molecule has 0 aliphatic rings. The van der Waals surface area contributed by atoms with Crippen LogP contribution in [0.2, 0.25) is 0 Å². The molecule has 2 aromatic carbocycles. The number of carbonyl (C=O) groups is 5. The number of aromatic nitrogens is 1. The summed E-state index contributed by atoms with van der Waals surface area (Å²) in [5.41, 5.74) is 2.43. The van der Waals surface area contributed by atoms with E-state index in [4.69, 9.17) is 5.14 Å². The van der Waals surface area contributed by atoms with E-state index >= 15 is 0 Å². The minimum absolute atomic E-state index is 0.130. The smallest absolute Gasteiger partial charge is 0.289 e. The number of rotatable bonds is 11. The fourth-order valence-electron chi connectivity index (χ4n) is 3.07. The van der Waals surface area contributed by atoms with Gasteiger partial charge in [0.2, 0.25) is 17.6 Å². The van der Waals surface area contributed by atoms with Gasteiger partial charge in [-0.25, -0.2) is 0 Å². The van der Waals surface area contributed by atoms with E-state index in [1.165, 1.54) is 43.4 Å². The molecule has 0 aliphatic heterocycles. The summed E-state index contributed by atoms with van der Waals surface area (Å²) in [4.78, 5) is 64.5. The van der Waals surface area contributed by atoms with Crippen LogP contribution in [-0.2, 0) is 25.7 Å². The van der Waals surface area contributed by atoms with Crippen molar-refractivity contribution in [1.29, 1.82) is 0 Å². The molecule has 43 heavy (non-hydrogen) atoms. The van der Waals surface area contributed by atoms with E-state index in [1.807, 2.05) is 24.3 Å². The Morgan fingerprint density at radius 1 is 0.860 bits per heavy atom. The Balaban J connectivity index is 0.000000784. The monoisotopic (exact) mass is 608 g/mol. The number of benzene rings is 2.